The smallest absolute Gasteiger partial charge is 0.401 e. The monoisotopic (exact) mass is 265 g/mol. The van der Waals surface area contributed by atoms with Crippen molar-refractivity contribution in [1.29, 1.82) is 0 Å². The van der Waals surface area contributed by atoms with Crippen LogP contribution in [0.4, 0.5) is 17.6 Å². The van der Waals surface area contributed by atoms with Crippen LogP contribution >= 0.6 is 0 Å². The van der Waals surface area contributed by atoms with Crippen molar-refractivity contribution in [2.24, 2.45) is 10.9 Å². The van der Waals surface area contributed by atoms with Gasteiger partial charge in [-0.2, -0.15) is 13.2 Å². The second-order valence-corrected chi connectivity index (χ2v) is 3.51. The van der Waals surface area contributed by atoms with Crippen molar-refractivity contribution in [2.75, 3.05) is 6.54 Å². The van der Waals surface area contributed by atoms with Gasteiger partial charge in [-0.25, -0.2) is 4.39 Å². The van der Waals surface area contributed by atoms with Crippen molar-refractivity contribution >= 4 is 5.84 Å². The van der Waals surface area contributed by atoms with E-state index < -0.39 is 18.5 Å². The molecule has 1 rings (SSSR count). The lowest BCUT2D eigenvalue weighted by Crippen LogP contribution is -2.28. The Morgan fingerprint density at radius 1 is 1.39 bits per heavy atom. The lowest BCUT2D eigenvalue weighted by Gasteiger charge is -2.09. The zero-order chi connectivity index (χ0) is 13.8. The van der Waals surface area contributed by atoms with Crippen molar-refractivity contribution < 1.29 is 22.8 Å². The normalized spacial score (nSPS) is 12.8. The molecule has 0 aliphatic heterocycles. The van der Waals surface area contributed by atoms with Gasteiger partial charge in [0.15, 0.2) is 5.84 Å². The number of nitrogens with zero attached hydrogens (tertiary/aromatic N) is 1. The molecule has 0 amide bonds. The highest BCUT2D eigenvalue weighted by atomic mass is 19.4. The Kier molecular flexibility index (Phi) is 4.49. The van der Waals surface area contributed by atoms with E-state index in [-0.39, 0.29) is 23.5 Å². The van der Waals surface area contributed by atoms with Crippen LogP contribution < -0.4 is 11.1 Å². The molecule has 1 aromatic rings. The van der Waals surface area contributed by atoms with Crippen LogP contribution in [0.2, 0.25) is 0 Å². The van der Waals surface area contributed by atoms with E-state index in [9.17, 15) is 17.6 Å². The highest BCUT2D eigenvalue weighted by Crippen LogP contribution is 2.14. The fourth-order valence-electron chi connectivity index (χ4n) is 1.25. The predicted molar refractivity (Wildman–Crippen MR) is 56.7 cm³/mol. The van der Waals surface area contributed by atoms with E-state index in [0.29, 0.717) is 0 Å². The van der Waals surface area contributed by atoms with Crippen molar-refractivity contribution in [3.63, 3.8) is 0 Å². The molecule has 0 radical (unpaired) electrons. The summed E-state index contributed by atoms with van der Waals surface area (Å²) in [5, 5.41) is 13.1. The number of halogens is 4. The van der Waals surface area contributed by atoms with Gasteiger partial charge in [0, 0.05) is 17.7 Å². The first-order valence-electron chi connectivity index (χ1n) is 4.87. The summed E-state index contributed by atoms with van der Waals surface area (Å²) in [6.45, 7) is -1.46. The van der Waals surface area contributed by atoms with Gasteiger partial charge in [0.1, 0.15) is 5.82 Å². The number of rotatable bonds is 4. The Morgan fingerprint density at radius 3 is 2.56 bits per heavy atom. The molecule has 0 fully saturated rings. The minimum atomic E-state index is -4.34. The Bertz CT molecular complexity index is 445. The van der Waals surface area contributed by atoms with E-state index in [4.69, 9.17) is 10.9 Å². The number of oxime groups is 1. The third-order valence-electron chi connectivity index (χ3n) is 2.10. The van der Waals surface area contributed by atoms with Gasteiger partial charge in [-0.15, -0.1) is 0 Å². The molecule has 0 aromatic heterocycles. The average Bonchev–Trinajstić information content (AvgIpc) is 2.28. The molecule has 1 aromatic carbocycles. The lowest BCUT2D eigenvalue weighted by molar-refractivity contribution is -0.125. The van der Waals surface area contributed by atoms with Gasteiger partial charge in [0.05, 0.1) is 6.54 Å². The van der Waals surface area contributed by atoms with Gasteiger partial charge in [-0.1, -0.05) is 17.3 Å². The summed E-state index contributed by atoms with van der Waals surface area (Å²) in [6.07, 6.45) is -4.34. The third-order valence-corrected chi connectivity index (χ3v) is 2.10. The second kappa shape index (κ2) is 5.67. The molecule has 0 atom stereocenters. The van der Waals surface area contributed by atoms with Crippen LogP contribution in [0.3, 0.4) is 0 Å². The van der Waals surface area contributed by atoms with Gasteiger partial charge >= 0.3 is 6.18 Å². The average molecular weight is 265 g/mol. The van der Waals surface area contributed by atoms with Crippen LogP contribution in [0.5, 0.6) is 0 Å². The maximum Gasteiger partial charge on any atom is 0.401 e. The minimum absolute atomic E-state index is 0.0636. The van der Waals surface area contributed by atoms with Gasteiger partial charge in [0.25, 0.3) is 0 Å². The van der Waals surface area contributed by atoms with Gasteiger partial charge < -0.3 is 16.3 Å². The van der Waals surface area contributed by atoms with Crippen LogP contribution in [0.25, 0.3) is 0 Å². The van der Waals surface area contributed by atoms with Crippen molar-refractivity contribution in [2.45, 2.75) is 12.7 Å². The predicted octanol–water partition coefficient (Wildman–Crippen LogP) is 1.57. The molecule has 4 nitrogen and oxygen atoms in total. The zero-order valence-corrected chi connectivity index (χ0v) is 9.13. The standard InChI is InChI=1S/C10H11F4N3O/c11-8-3-6(9(15)17-18)1-2-7(8)4-16-5-10(12,13)14/h1-3,16,18H,4-5H2,(H2,15,17). The van der Waals surface area contributed by atoms with E-state index in [2.05, 4.69) is 10.5 Å². The fraction of sp³-hybridized carbons (Fsp3) is 0.300. The van der Waals surface area contributed by atoms with Crippen LogP contribution in [-0.2, 0) is 6.54 Å². The van der Waals surface area contributed by atoms with Crippen LogP contribution in [-0.4, -0.2) is 23.8 Å². The first-order chi connectivity index (χ1) is 8.33. The molecule has 8 heteroatoms. The summed E-state index contributed by atoms with van der Waals surface area (Å²) in [7, 11) is 0. The molecule has 0 bridgehead atoms. The molecule has 0 heterocycles. The zero-order valence-electron chi connectivity index (χ0n) is 9.13. The highest BCUT2D eigenvalue weighted by molar-refractivity contribution is 5.97. The quantitative estimate of drug-likeness (QED) is 0.254. The molecule has 0 saturated heterocycles. The first kappa shape index (κ1) is 14.2. The summed E-state index contributed by atoms with van der Waals surface area (Å²) in [5.74, 6) is -1.00. The van der Waals surface area contributed by atoms with Crippen molar-refractivity contribution in [3.05, 3.63) is 35.1 Å². The second-order valence-electron chi connectivity index (χ2n) is 3.51. The van der Waals surface area contributed by atoms with Crippen LogP contribution in [0.1, 0.15) is 11.1 Å². The number of benzene rings is 1. The molecule has 0 spiro atoms. The maximum atomic E-state index is 13.5. The molecular weight excluding hydrogens is 254 g/mol. The molecule has 0 aliphatic carbocycles. The Morgan fingerprint density at radius 2 is 2.06 bits per heavy atom. The van der Waals surface area contributed by atoms with Crippen molar-refractivity contribution in [3.8, 4) is 0 Å². The number of hydrogen-bond acceptors (Lipinski definition) is 3. The summed E-state index contributed by atoms with van der Waals surface area (Å²) in [4.78, 5) is 0. The molecule has 0 unspecified atom stereocenters. The summed E-state index contributed by atoms with van der Waals surface area (Å²) < 4.78 is 49.0. The van der Waals surface area contributed by atoms with E-state index in [1.165, 1.54) is 12.1 Å². The highest BCUT2D eigenvalue weighted by Gasteiger charge is 2.26. The molecule has 0 aliphatic rings. The van der Waals surface area contributed by atoms with Gasteiger partial charge in [0.2, 0.25) is 0 Å². The molecule has 100 valence electrons. The number of nitrogens with two attached hydrogens (primary N) is 1. The van der Waals surface area contributed by atoms with E-state index >= 15 is 0 Å². The van der Waals surface area contributed by atoms with Crippen molar-refractivity contribution in [1.82, 2.24) is 5.32 Å². The summed E-state index contributed by atoms with van der Waals surface area (Å²) in [5.41, 5.74) is 5.45. The van der Waals surface area contributed by atoms with E-state index in [1.54, 1.807) is 0 Å². The fourth-order valence-corrected chi connectivity index (χ4v) is 1.25. The maximum absolute atomic E-state index is 13.5. The van der Waals surface area contributed by atoms with Gasteiger partial charge in [-0.3, -0.25) is 0 Å². The first-order valence-corrected chi connectivity index (χ1v) is 4.87. The molecular formula is C10H11F4N3O. The summed E-state index contributed by atoms with van der Waals surface area (Å²) in [6, 6.07) is 3.61. The minimum Gasteiger partial charge on any atom is -0.409 e. The molecule has 18 heavy (non-hydrogen) atoms. The number of nitrogens with one attached hydrogen (secondary N) is 1. The van der Waals surface area contributed by atoms with Crippen LogP contribution in [0, 0.1) is 5.82 Å². The summed E-state index contributed by atoms with van der Waals surface area (Å²) >= 11 is 0. The van der Waals surface area contributed by atoms with E-state index in [1.807, 2.05) is 0 Å². The van der Waals surface area contributed by atoms with E-state index in [0.717, 1.165) is 6.07 Å². The Hall–Kier alpha value is -1.83. The lowest BCUT2D eigenvalue weighted by atomic mass is 10.1. The Balaban J connectivity index is 2.69. The number of hydrogen-bond donors (Lipinski definition) is 3. The third kappa shape index (κ3) is 4.21. The number of amidine groups is 1. The topological polar surface area (TPSA) is 70.6 Å². The molecule has 0 saturated carbocycles. The number of alkyl halides is 3. The Labute approximate surface area is 100 Å². The molecule has 4 N–H and O–H groups in total. The largest absolute Gasteiger partial charge is 0.409 e. The van der Waals surface area contributed by atoms with Crippen LogP contribution in [0.15, 0.2) is 23.4 Å². The SMILES string of the molecule is NC(=NO)c1ccc(CNCC(F)(F)F)c(F)c1. The van der Waals surface area contributed by atoms with Gasteiger partial charge in [-0.05, 0) is 6.07 Å².